The first-order valence-electron chi connectivity index (χ1n) is 8.01. The van der Waals surface area contributed by atoms with Gasteiger partial charge in [0, 0.05) is 36.1 Å². The van der Waals surface area contributed by atoms with E-state index in [4.69, 9.17) is 9.26 Å². The van der Waals surface area contributed by atoms with Crippen molar-refractivity contribution in [2.24, 2.45) is 0 Å². The SMILES string of the molecule is CCOc1ccccc1CN(C)Cc1cc(-c2ccncc2)no1. The van der Waals surface area contributed by atoms with Crippen LogP contribution < -0.4 is 4.74 Å². The average Bonchev–Trinajstić information content (AvgIpc) is 3.06. The molecule has 124 valence electrons. The van der Waals surface area contributed by atoms with Crippen molar-refractivity contribution >= 4 is 0 Å². The molecule has 0 unspecified atom stereocenters. The Kier molecular flexibility index (Phi) is 5.23. The zero-order valence-electron chi connectivity index (χ0n) is 14.0. The summed E-state index contributed by atoms with van der Waals surface area (Å²) in [6, 6.07) is 13.9. The monoisotopic (exact) mass is 323 g/mol. The normalized spacial score (nSPS) is 11.0. The van der Waals surface area contributed by atoms with Crippen LogP contribution in [-0.2, 0) is 13.1 Å². The highest BCUT2D eigenvalue weighted by Gasteiger charge is 2.11. The van der Waals surface area contributed by atoms with Gasteiger partial charge in [0.05, 0.1) is 13.2 Å². The lowest BCUT2D eigenvalue weighted by Crippen LogP contribution is -2.17. The van der Waals surface area contributed by atoms with Gasteiger partial charge in [-0.3, -0.25) is 9.88 Å². The van der Waals surface area contributed by atoms with Crippen molar-refractivity contribution in [1.82, 2.24) is 15.0 Å². The van der Waals surface area contributed by atoms with E-state index in [9.17, 15) is 0 Å². The Balaban J connectivity index is 1.65. The minimum Gasteiger partial charge on any atom is -0.494 e. The molecule has 0 aliphatic rings. The average molecular weight is 323 g/mol. The van der Waals surface area contributed by atoms with Crippen LogP contribution in [0.3, 0.4) is 0 Å². The van der Waals surface area contributed by atoms with Crippen LogP contribution in [0, 0.1) is 0 Å². The highest BCUT2D eigenvalue weighted by molar-refractivity contribution is 5.57. The van der Waals surface area contributed by atoms with Crippen LogP contribution in [0.2, 0.25) is 0 Å². The van der Waals surface area contributed by atoms with Gasteiger partial charge in [-0.15, -0.1) is 0 Å². The lowest BCUT2D eigenvalue weighted by molar-refractivity contribution is 0.260. The van der Waals surface area contributed by atoms with Gasteiger partial charge in [-0.25, -0.2) is 0 Å². The number of pyridine rings is 1. The van der Waals surface area contributed by atoms with E-state index < -0.39 is 0 Å². The number of hydrogen-bond acceptors (Lipinski definition) is 5. The summed E-state index contributed by atoms with van der Waals surface area (Å²) in [6.07, 6.45) is 3.50. The molecule has 0 saturated carbocycles. The Morgan fingerprint density at radius 1 is 1.08 bits per heavy atom. The maximum atomic E-state index is 5.68. The summed E-state index contributed by atoms with van der Waals surface area (Å²) in [7, 11) is 2.05. The van der Waals surface area contributed by atoms with E-state index in [0.717, 1.165) is 34.9 Å². The van der Waals surface area contributed by atoms with Gasteiger partial charge in [0.1, 0.15) is 11.4 Å². The van der Waals surface area contributed by atoms with Crippen LogP contribution in [0.5, 0.6) is 5.75 Å². The van der Waals surface area contributed by atoms with E-state index in [-0.39, 0.29) is 0 Å². The van der Waals surface area contributed by atoms with Crippen LogP contribution in [-0.4, -0.2) is 28.7 Å². The first-order chi connectivity index (χ1) is 11.8. The van der Waals surface area contributed by atoms with Gasteiger partial charge in [0.2, 0.25) is 0 Å². The first-order valence-corrected chi connectivity index (χ1v) is 8.01. The molecule has 0 saturated heterocycles. The predicted molar refractivity (Wildman–Crippen MR) is 92.5 cm³/mol. The zero-order valence-corrected chi connectivity index (χ0v) is 14.0. The number of ether oxygens (including phenoxy) is 1. The Hall–Kier alpha value is -2.66. The molecule has 5 nitrogen and oxygen atoms in total. The van der Waals surface area contributed by atoms with Crippen LogP contribution in [0.25, 0.3) is 11.3 Å². The van der Waals surface area contributed by atoms with Gasteiger partial charge in [0.25, 0.3) is 0 Å². The fourth-order valence-corrected chi connectivity index (χ4v) is 2.59. The number of aromatic nitrogens is 2. The fourth-order valence-electron chi connectivity index (χ4n) is 2.59. The third kappa shape index (κ3) is 4.00. The summed E-state index contributed by atoms with van der Waals surface area (Å²) in [5, 5.41) is 4.14. The van der Waals surface area contributed by atoms with Crippen molar-refractivity contribution < 1.29 is 9.26 Å². The van der Waals surface area contributed by atoms with Crippen LogP contribution >= 0.6 is 0 Å². The zero-order chi connectivity index (χ0) is 16.8. The van der Waals surface area contributed by atoms with Crippen molar-refractivity contribution in [3.63, 3.8) is 0 Å². The van der Waals surface area contributed by atoms with E-state index in [2.05, 4.69) is 28.2 Å². The molecule has 5 heteroatoms. The standard InChI is InChI=1S/C19H21N3O2/c1-3-23-19-7-5-4-6-16(19)13-22(2)14-17-12-18(21-24-17)15-8-10-20-11-9-15/h4-12H,3,13-14H2,1-2H3. The third-order valence-corrected chi connectivity index (χ3v) is 3.67. The van der Waals surface area contributed by atoms with E-state index >= 15 is 0 Å². The molecule has 0 atom stereocenters. The summed E-state index contributed by atoms with van der Waals surface area (Å²) in [6.45, 7) is 4.12. The van der Waals surface area contributed by atoms with E-state index in [1.165, 1.54) is 0 Å². The fraction of sp³-hybridized carbons (Fsp3) is 0.263. The van der Waals surface area contributed by atoms with E-state index in [1.807, 2.05) is 43.3 Å². The second-order valence-corrected chi connectivity index (χ2v) is 5.63. The molecule has 0 radical (unpaired) electrons. The maximum absolute atomic E-state index is 5.68. The van der Waals surface area contributed by atoms with Gasteiger partial charge >= 0.3 is 0 Å². The third-order valence-electron chi connectivity index (χ3n) is 3.67. The highest BCUT2D eigenvalue weighted by atomic mass is 16.5. The molecular weight excluding hydrogens is 302 g/mol. The molecule has 0 amide bonds. The Labute approximate surface area is 141 Å². The number of benzene rings is 1. The summed E-state index contributed by atoms with van der Waals surface area (Å²) in [4.78, 5) is 6.19. The molecule has 0 N–H and O–H groups in total. The number of nitrogens with zero attached hydrogens (tertiary/aromatic N) is 3. The van der Waals surface area contributed by atoms with Crippen LogP contribution in [0.15, 0.2) is 59.4 Å². The van der Waals surface area contributed by atoms with Crippen molar-refractivity contribution in [2.75, 3.05) is 13.7 Å². The van der Waals surface area contributed by atoms with Crippen molar-refractivity contribution in [3.05, 3.63) is 66.2 Å². The van der Waals surface area contributed by atoms with Crippen molar-refractivity contribution in [3.8, 4) is 17.0 Å². The largest absolute Gasteiger partial charge is 0.494 e. The minimum absolute atomic E-state index is 0.665. The quantitative estimate of drug-likeness (QED) is 0.662. The molecule has 1 aromatic carbocycles. The second kappa shape index (κ2) is 7.75. The highest BCUT2D eigenvalue weighted by Crippen LogP contribution is 2.22. The molecule has 0 fully saturated rings. The minimum atomic E-state index is 0.665. The molecule has 0 bridgehead atoms. The maximum Gasteiger partial charge on any atom is 0.151 e. The second-order valence-electron chi connectivity index (χ2n) is 5.63. The molecular formula is C19H21N3O2. The topological polar surface area (TPSA) is 51.4 Å². The molecule has 0 aliphatic heterocycles. The molecule has 3 aromatic rings. The van der Waals surface area contributed by atoms with Gasteiger partial charge < -0.3 is 9.26 Å². The number of hydrogen-bond donors (Lipinski definition) is 0. The molecule has 2 aromatic heterocycles. The van der Waals surface area contributed by atoms with E-state index in [0.29, 0.717) is 13.2 Å². The number of para-hydroxylation sites is 1. The summed E-state index contributed by atoms with van der Waals surface area (Å²) in [5.41, 5.74) is 3.00. The van der Waals surface area contributed by atoms with Crippen molar-refractivity contribution in [2.45, 2.75) is 20.0 Å². The van der Waals surface area contributed by atoms with Gasteiger partial charge in [-0.1, -0.05) is 23.4 Å². The lowest BCUT2D eigenvalue weighted by Gasteiger charge is -2.17. The summed E-state index contributed by atoms with van der Waals surface area (Å²) >= 11 is 0. The van der Waals surface area contributed by atoms with E-state index in [1.54, 1.807) is 12.4 Å². The smallest absolute Gasteiger partial charge is 0.151 e. The molecule has 2 heterocycles. The molecule has 24 heavy (non-hydrogen) atoms. The predicted octanol–water partition coefficient (Wildman–Crippen LogP) is 3.77. The van der Waals surface area contributed by atoms with Crippen molar-refractivity contribution in [1.29, 1.82) is 0 Å². The molecule has 0 spiro atoms. The Morgan fingerprint density at radius 2 is 1.88 bits per heavy atom. The Bertz CT molecular complexity index is 771. The van der Waals surface area contributed by atoms with Crippen LogP contribution in [0.1, 0.15) is 18.2 Å². The lowest BCUT2D eigenvalue weighted by atomic mass is 10.2. The van der Waals surface area contributed by atoms with Gasteiger partial charge in [0.15, 0.2) is 5.76 Å². The number of rotatable bonds is 7. The van der Waals surface area contributed by atoms with Crippen LogP contribution in [0.4, 0.5) is 0 Å². The molecule has 3 rings (SSSR count). The first kappa shape index (κ1) is 16.2. The molecule has 0 aliphatic carbocycles. The summed E-state index contributed by atoms with van der Waals surface area (Å²) < 4.78 is 11.1. The Morgan fingerprint density at radius 3 is 2.67 bits per heavy atom. The van der Waals surface area contributed by atoms with Gasteiger partial charge in [-0.05, 0) is 32.2 Å². The van der Waals surface area contributed by atoms with Gasteiger partial charge in [-0.2, -0.15) is 0 Å². The summed E-state index contributed by atoms with van der Waals surface area (Å²) in [5.74, 6) is 1.76.